The lowest BCUT2D eigenvalue weighted by Gasteiger charge is -2.20. The van der Waals surface area contributed by atoms with E-state index in [1.54, 1.807) is 29.6 Å². The van der Waals surface area contributed by atoms with Gasteiger partial charge in [0.2, 0.25) is 0 Å². The minimum Gasteiger partial charge on any atom is -0.480 e. The first-order chi connectivity index (χ1) is 9.49. The lowest BCUT2D eigenvalue weighted by atomic mass is 10.2. The van der Waals surface area contributed by atoms with Crippen LogP contribution in [-0.2, 0) is 4.79 Å². The van der Waals surface area contributed by atoms with Crippen LogP contribution in [0.15, 0.2) is 35.7 Å². The number of carbonyl (C=O) groups excluding carboxylic acids is 1. The molecule has 1 amide bonds. The number of thiophene rings is 1. The van der Waals surface area contributed by atoms with Crippen molar-refractivity contribution in [2.75, 3.05) is 11.4 Å². The van der Waals surface area contributed by atoms with Gasteiger partial charge >= 0.3 is 5.97 Å². The fraction of sp³-hybridized carbons (Fsp3) is 0.143. The Morgan fingerprint density at radius 3 is 2.65 bits per heavy atom. The van der Waals surface area contributed by atoms with Crippen LogP contribution in [-0.4, -0.2) is 23.5 Å². The molecule has 1 N–H and O–H groups in total. The third-order valence-electron chi connectivity index (χ3n) is 2.71. The van der Waals surface area contributed by atoms with Crippen molar-refractivity contribution in [1.29, 1.82) is 0 Å². The molecule has 0 spiro atoms. The van der Waals surface area contributed by atoms with Gasteiger partial charge in [-0.3, -0.25) is 14.5 Å². The summed E-state index contributed by atoms with van der Waals surface area (Å²) in [6.07, 6.45) is 0. The molecule has 1 aromatic carbocycles. The first-order valence-corrected chi connectivity index (χ1v) is 7.08. The van der Waals surface area contributed by atoms with Crippen molar-refractivity contribution in [3.8, 4) is 0 Å². The van der Waals surface area contributed by atoms with E-state index in [2.05, 4.69) is 0 Å². The predicted molar refractivity (Wildman–Crippen MR) is 79.8 cm³/mol. The van der Waals surface area contributed by atoms with Gasteiger partial charge in [0, 0.05) is 10.7 Å². The number of hydrogen-bond acceptors (Lipinski definition) is 3. The Morgan fingerprint density at radius 2 is 2.10 bits per heavy atom. The molecule has 0 aliphatic carbocycles. The summed E-state index contributed by atoms with van der Waals surface area (Å²) in [5.41, 5.74) is 1.30. The van der Waals surface area contributed by atoms with E-state index in [0.29, 0.717) is 15.6 Å². The molecule has 0 bridgehead atoms. The van der Waals surface area contributed by atoms with Gasteiger partial charge in [-0.15, -0.1) is 11.3 Å². The number of carboxylic acids is 1. The quantitative estimate of drug-likeness (QED) is 0.941. The SMILES string of the molecule is Cc1ccsc1C(=O)N(CC(=O)O)c1cccc(Cl)c1. The van der Waals surface area contributed by atoms with Gasteiger partial charge in [-0.25, -0.2) is 0 Å². The zero-order valence-electron chi connectivity index (χ0n) is 10.7. The van der Waals surface area contributed by atoms with Crippen molar-refractivity contribution in [3.63, 3.8) is 0 Å². The summed E-state index contributed by atoms with van der Waals surface area (Å²) < 4.78 is 0. The first-order valence-electron chi connectivity index (χ1n) is 5.82. The predicted octanol–water partition coefficient (Wildman–Crippen LogP) is 3.44. The Kier molecular flexibility index (Phi) is 4.42. The van der Waals surface area contributed by atoms with Crippen LogP contribution in [0.2, 0.25) is 5.02 Å². The topological polar surface area (TPSA) is 57.6 Å². The Hall–Kier alpha value is -1.85. The van der Waals surface area contributed by atoms with Gasteiger partial charge in [-0.05, 0) is 42.1 Å². The minimum absolute atomic E-state index is 0.331. The molecule has 0 aliphatic heterocycles. The van der Waals surface area contributed by atoms with Crippen LogP contribution in [0.4, 0.5) is 5.69 Å². The maximum atomic E-state index is 12.5. The van der Waals surface area contributed by atoms with Gasteiger partial charge in [0.25, 0.3) is 5.91 Å². The van der Waals surface area contributed by atoms with Crippen LogP contribution in [0, 0.1) is 6.92 Å². The van der Waals surface area contributed by atoms with Crippen molar-refractivity contribution in [1.82, 2.24) is 0 Å². The number of nitrogens with zero attached hydrogens (tertiary/aromatic N) is 1. The van der Waals surface area contributed by atoms with E-state index in [-0.39, 0.29) is 5.91 Å². The highest BCUT2D eigenvalue weighted by molar-refractivity contribution is 7.12. The molecular formula is C14H12ClNO3S. The molecule has 20 heavy (non-hydrogen) atoms. The lowest BCUT2D eigenvalue weighted by molar-refractivity contribution is -0.135. The molecule has 0 saturated carbocycles. The number of carbonyl (C=O) groups is 2. The molecule has 2 aromatic rings. The minimum atomic E-state index is -1.08. The molecule has 0 aliphatic rings. The Bertz CT molecular complexity index is 653. The number of anilines is 1. The van der Waals surface area contributed by atoms with E-state index in [9.17, 15) is 9.59 Å². The van der Waals surface area contributed by atoms with Gasteiger partial charge < -0.3 is 5.11 Å². The number of benzene rings is 1. The fourth-order valence-electron chi connectivity index (χ4n) is 1.77. The maximum absolute atomic E-state index is 12.5. The molecule has 0 atom stereocenters. The number of hydrogen-bond donors (Lipinski definition) is 1. The molecule has 104 valence electrons. The smallest absolute Gasteiger partial charge is 0.323 e. The molecule has 1 heterocycles. The van der Waals surface area contributed by atoms with E-state index in [4.69, 9.17) is 16.7 Å². The molecular weight excluding hydrogens is 298 g/mol. The zero-order valence-corrected chi connectivity index (χ0v) is 12.2. The van der Waals surface area contributed by atoms with Crippen molar-refractivity contribution in [3.05, 3.63) is 51.2 Å². The number of rotatable bonds is 4. The Morgan fingerprint density at radius 1 is 1.35 bits per heavy atom. The summed E-state index contributed by atoms with van der Waals surface area (Å²) >= 11 is 7.20. The lowest BCUT2D eigenvalue weighted by Crippen LogP contribution is -2.35. The second kappa shape index (κ2) is 6.07. The second-order valence-corrected chi connectivity index (χ2v) is 5.55. The summed E-state index contributed by atoms with van der Waals surface area (Å²) in [5.74, 6) is -1.41. The highest BCUT2D eigenvalue weighted by Gasteiger charge is 2.22. The van der Waals surface area contributed by atoms with Crippen LogP contribution in [0.25, 0.3) is 0 Å². The van der Waals surface area contributed by atoms with Crippen molar-refractivity contribution in [2.45, 2.75) is 6.92 Å². The average Bonchev–Trinajstić information content (AvgIpc) is 2.81. The van der Waals surface area contributed by atoms with Crippen molar-refractivity contribution in [2.24, 2.45) is 0 Å². The highest BCUT2D eigenvalue weighted by atomic mass is 35.5. The van der Waals surface area contributed by atoms with Crippen LogP contribution in [0.3, 0.4) is 0 Å². The number of aliphatic carboxylic acids is 1. The van der Waals surface area contributed by atoms with Crippen LogP contribution in [0.5, 0.6) is 0 Å². The third kappa shape index (κ3) is 3.18. The monoisotopic (exact) mass is 309 g/mol. The van der Waals surface area contributed by atoms with Gasteiger partial charge in [0.05, 0.1) is 4.88 Å². The molecule has 1 aromatic heterocycles. The molecule has 0 saturated heterocycles. The summed E-state index contributed by atoms with van der Waals surface area (Å²) in [5, 5.41) is 11.3. The summed E-state index contributed by atoms with van der Waals surface area (Å²) in [7, 11) is 0. The normalized spacial score (nSPS) is 10.3. The number of carboxylic acid groups (broad SMARTS) is 1. The first kappa shape index (κ1) is 14.6. The van der Waals surface area contributed by atoms with Crippen molar-refractivity contribution >= 4 is 40.5 Å². The molecule has 2 rings (SSSR count). The molecule has 6 heteroatoms. The second-order valence-electron chi connectivity index (χ2n) is 4.20. The number of aryl methyl sites for hydroxylation is 1. The van der Waals surface area contributed by atoms with E-state index in [1.165, 1.54) is 16.2 Å². The molecule has 0 unspecified atom stereocenters. The summed E-state index contributed by atoms with van der Waals surface area (Å²) in [6.45, 7) is 1.41. The highest BCUT2D eigenvalue weighted by Crippen LogP contribution is 2.24. The summed E-state index contributed by atoms with van der Waals surface area (Å²) in [6, 6.07) is 8.42. The van der Waals surface area contributed by atoms with Crippen LogP contribution < -0.4 is 4.90 Å². The van der Waals surface area contributed by atoms with Crippen LogP contribution >= 0.6 is 22.9 Å². The van der Waals surface area contributed by atoms with E-state index < -0.39 is 12.5 Å². The number of halogens is 1. The Labute approximate surface area is 125 Å². The summed E-state index contributed by atoms with van der Waals surface area (Å²) in [4.78, 5) is 25.3. The van der Waals surface area contributed by atoms with Crippen LogP contribution in [0.1, 0.15) is 15.2 Å². The standard InChI is InChI=1S/C14H12ClNO3S/c1-9-5-6-20-13(9)14(19)16(8-12(17)18)11-4-2-3-10(15)7-11/h2-7H,8H2,1H3,(H,17,18). The van der Waals surface area contributed by atoms with Crippen molar-refractivity contribution < 1.29 is 14.7 Å². The van der Waals surface area contributed by atoms with Gasteiger partial charge in [-0.1, -0.05) is 17.7 Å². The molecule has 0 fully saturated rings. The maximum Gasteiger partial charge on any atom is 0.323 e. The van der Waals surface area contributed by atoms with E-state index >= 15 is 0 Å². The fourth-order valence-corrected chi connectivity index (χ4v) is 2.83. The van der Waals surface area contributed by atoms with Gasteiger partial charge in [0.15, 0.2) is 0 Å². The number of amides is 1. The average molecular weight is 310 g/mol. The largest absolute Gasteiger partial charge is 0.480 e. The van der Waals surface area contributed by atoms with Gasteiger partial charge in [0.1, 0.15) is 6.54 Å². The molecule has 0 radical (unpaired) electrons. The van der Waals surface area contributed by atoms with Gasteiger partial charge in [-0.2, -0.15) is 0 Å². The Balaban J connectivity index is 2.40. The van der Waals surface area contributed by atoms with E-state index in [0.717, 1.165) is 5.56 Å². The zero-order chi connectivity index (χ0) is 14.7. The molecule has 4 nitrogen and oxygen atoms in total. The van der Waals surface area contributed by atoms with E-state index in [1.807, 2.05) is 13.0 Å². The third-order valence-corrected chi connectivity index (χ3v) is 3.95.